The highest BCUT2D eigenvalue weighted by molar-refractivity contribution is 8.00. The molecule has 0 spiro atoms. The van der Waals surface area contributed by atoms with Crippen molar-refractivity contribution < 1.29 is 14.0 Å². The molecule has 0 bridgehead atoms. The second-order valence-corrected chi connectivity index (χ2v) is 9.58. The number of amides is 1. The Hall–Kier alpha value is -3.65. The number of carbonyl (C=O) groups excluding carboxylic acids is 2. The molecule has 35 heavy (non-hydrogen) atoms. The van der Waals surface area contributed by atoms with E-state index in [1.165, 1.54) is 11.8 Å². The topological polar surface area (TPSA) is 90.0 Å². The number of ketones is 1. The van der Waals surface area contributed by atoms with Crippen LogP contribution in [-0.2, 0) is 11.3 Å². The number of thioether (sulfide) groups is 1. The summed E-state index contributed by atoms with van der Waals surface area (Å²) in [4.78, 5) is 25.0. The fraction of sp³-hybridized carbons (Fsp3) is 0.259. The lowest BCUT2D eigenvalue weighted by Crippen LogP contribution is -2.15. The van der Waals surface area contributed by atoms with Gasteiger partial charge < -0.3 is 9.73 Å². The summed E-state index contributed by atoms with van der Waals surface area (Å²) in [6, 6.07) is 19.0. The van der Waals surface area contributed by atoms with Gasteiger partial charge >= 0.3 is 0 Å². The van der Waals surface area contributed by atoms with Crippen molar-refractivity contribution in [2.24, 2.45) is 0 Å². The first kappa shape index (κ1) is 24.5. The molecule has 0 aliphatic rings. The number of aromatic nitrogens is 3. The van der Waals surface area contributed by atoms with E-state index in [0.29, 0.717) is 35.2 Å². The van der Waals surface area contributed by atoms with Crippen LogP contribution in [0.3, 0.4) is 0 Å². The van der Waals surface area contributed by atoms with Gasteiger partial charge in [-0.2, -0.15) is 0 Å². The molecule has 0 saturated carbocycles. The molecular weight excluding hydrogens is 460 g/mol. The van der Waals surface area contributed by atoms with Crippen molar-refractivity contribution in [2.75, 3.05) is 5.32 Å². The van der Waals surface area contributed by atoms with Gasteiger partial charge in [-0.3, -0.25) is 14.2 Å². The average molecular weight is 489 g/mol. The molecule has 0 radical (unpaired) electrons. The van der Waals surface area contributed by atoms with Gasteiger partial charge in [0.15, 0.2) is 16.8 Å². The summed E-state index contributed by atoms with van der Waals surface area (Å²) in [5.41, 5.74) is 3.25. The Morgan fingerprint density at radius 3 is 2.46 bits per heavy atom. The van der Waals surface area contributed by atoms with Gasteiger partial charge in [0, 0.05) is 17.7 Å². The molecule has 1 N–H and O–H groups in total. The Morgan fingerprint density at radius 2 is 1.80 bits per heavy atom. The first-order valence-corrected chi connectivity index (χ1v) is 12.5. The largest absolute Gasteiger partial charge is 0.469 e. The molecule has 2 aromatic carbocycles. The van der Waals surface area contributed by atoms with Crippen molar-refractivity contribution in [3.8, 4) is 11.4 Å². The van der Waals surface area contributed by atoms with E-state index < -0.39 is 0 Å². The average Bonchev–Trinajstić information content (AvgIpc) is 3.45. The maximum Gasteiger partial charge on any atom is 0.224 e. The molecule has 1 amide bonds. The summed E-state index contributed by atoms with van der Waals surface area (Å²) in [7, 11) is 0. The highest BCUT2D eigenvalue weighted by atomic mass is 32.2. The van der Waals surface area contributed by atoms with Gasteiger partial charge in [-0.1, -0.05) is 49.0 Å². The molecule has 0 aliphatic heterocycles. The van der Waals surface area contributed by atoms with E-state index in [9.17, 15) is 9.59 Å². The summed E-state index contributed by atoms with van der Waals surface area (Å²) >= 11 is 1.38. The Labute approximate surface area is 209 Å². The molecule has 0 aliphatic carbocycles. The third-order valence-corrected chi connectivity index (χ3v) is 6.66. The van der Waals surface area contributed by atoms with Crippen molar-refractivity contribution in [2.45, 2.75) is 50.6 Å². The van der Waals surface area contributed by atoms with E-state index in [-0.39, 0.29) is 16.9 Å². The van der Waals surface area contributed by atoms with Gasteiger partial charge in [-0.05, 0) is 56.2 Å². The Morgan fingerprint density at radius 1 is 1.06 bits per heavy atom. The molecular formula is C27H28N4O3S. The maximum atomic E-state index is 13.2. The van der Waals surface area contributed by atoms with Gasteiger partial charge in [-0.15, -0.1) is 10.2 Å². The number of aryl methyl sites for hydroxylation is 1. The van der Waals surface area contributed by atoms with Gasteiger partial charge in [0.25, 0.3) is 0 Å². The zero-order valence-electron chi connectivity index (χ0n) is 20.0. The first-order chi connectivity index (χ1) is 17.0. The molecule has 7 nitrogen and oxygen atoms in total. The summed E-state index contributed by atoms with van der Waals surface area (Å²) in [5.74, 6) is 1.42. The van der Waals surface area contributed by atoms with Gasteiger partial charge in [0.1, 0.15) is 5.76 Å². The van der Waals surface area contributed by atoms with Crippen LogP contribution >= 0.6 is 11.8 Å². The number of Topliss-reactive ketones (excluding diaryl/α,β-unsaturated/α-hetero) is 1. The number of nitrogens with zero attached hydrogens (tertiary/aromatic N) is 3. The molecule has 0 fully saturated rings. The van der Waals surface area contributed by atoms with Crippen molar-refractivity contribution in [3.63, 3.8) is 0 Å². The van der Waals surface area contributed by atoms with Crippen LogP contribution in [0.5, 0.6) is 0 Å². The van der Waals surface area contributed by atoms with Crippen molar-refractivity contribution >= 4 is 29.1 Å². The second-order valence-electron chi connectivity index (χ2n) is 8.27. The minimum absolute atomic E-state index is 0.0169. The first-order valence-electron chi connectivity index (χ1n) is 11.6. The quantitative estimate of drug-likeness (QED) is 0.218. The van der Waals surface area contributed by atoms with Crippen LogP contribution < -0.4 is 5.32 Å². The second kappa shape index (κ2) is 11.2. The Kier molecular flexibility index (Phi) is 7.82. The predicted octanol–water partition coefficient (Wildman–Crippen LogP) is 6.00. The van der Waals surface area contributed by atoms with E-state index in [4.69, 9.17) is 4.42 Å². The normalized spacial score (nSPS) is 11.9. The molecule has 4 aromatic rings. The molecule has 0 saturated heterocycles. The monoisotopic (exact) mass is 488 g/mol. The Bertz CT molecular complexity index is 1300. The van der Waals surface area contributed by atoms with Crippen LogP contribution in [0.15, 0.2) is 76.5 Å². The van der Waals surface area contributed by atoms with E-state index in [0.717, 1.165) is 23.3 Å². The SMILES string of the molecule is CCCC(=O)Nc1ccc(C(=O)C(C)Sc2nnc(-c3ccoc3C)n2Cc2ccccc2)cc1. The fourth-order valence-corrected chi connectivity index (χ4v) is 4.64. The van der Waals surface area contributed by atoms with Crippen LogP contribution in [0.2, 0.25) is 0 Å². The van der Waals surface area contributed by atoms with Crippen LogP contribution in [0, 0.1) is 6.92 Å². The van der Waals surface area contributed by atoms with Crippen molar-refractivity contribution in [1.82, 2.24) is 14.8 Å². The summed E-state index contributed by atoms with van der Waals surface area (Å²) in [5, 5.41) is 12.0. The van der Waals surface area contributed by atoms with Crippen molar-refractivity contribution in [1.29, 1.82) is 0 Å². The minimum atomic E-state index is -0.382. The molecule has 1 unspecified atom stereocenters. The fourth-order valence-electron chi connectivity index (χ4n) is 3.72. The van der Waals surface area contributed by atoms with Crippen LogP contribution in [0.25, 0.3) is 11.4 Å². The maximum absolute atomic E-state index is 13.2. The number of nitrogens with one attached hydrogen (secondary N) is 1. The van der Waals surface area contributed by atoms with E-state index in [1.54, 1.807) is 30.5 Å². The molecule has 8 heteroatoms. The van der Waals surface area contributed by atoms with Crippen LogP contribution in [0.4, 0.5) is 5.69 Å². The number of furan rings is 1. The zero-order chi connectivity index (χ0) is 24.8. The van der Waals surface area contributed by atoms with Crippen LogP contribution in [-0.4, -0.2) is 31.7 Å². The molecule has 2 heterocycles. The number of anilines is 1. The van der Waals surface area contributed by atoms with Gasteiger partial charge in [-0.25, -0.2) is 0 Å². The number of benzene rings is 2. The van der Waals surface area contributed by atoms with Crippen molar-refractivity contribution in [3.05, 3.63) is 83.8 Å². The number of hydrogen-bond donors (Lipinski definition) is 1. The standard InChI is InChI=1S/C27H28N4O3S/c1-4-8-24(32)28-22-13-11-21(12-14-22)25(33)19(3)35-27-30-29-26(23-15-16-34-18(23)2)31(27)17-20-9-6-5-7-10-20/h5-7,9-16,19H,4,8,17H2,1-3H3,(H,28,32). The summed E-state index contributed by atoms with van der Waals surface area (Å²) in [6.07, 6.45) is 2.89. The lowest BCUT2D eigenvalue weighted by molar-refractivity contribution is -0.116. The highest BCUT2D eigenvalue weighted by Gasteiger charge is 2.23. The molecule has 2 aromatic heterocycles. The van der Waals surface area contributed by atoms with E-state index in [1.807, 2.05) is 49.6 Å². The van der Waals surface area contributed by atoms with Gasteiger partial charge in [0.05, 0.1) is 23.6 Å². The molecule has 180 valence electrons. The van der Waals surface area contributed by atoms with E-state index in [2.05, 4.69) is 27.6 Å². The summed E-state index contributed by atoms with van der Waals surface area (Å²) in [6.45, 7) is 6.29. The zero-order valence-corrected chi connectivity index (χ0v) is 20.8. The lowest BCUT2D eigenvalue weighted by Gasteiger charge is -2.13. The molecule has 4 rings (SSSR count). The predicted molar refractivity (Wildman–Crippen MR) is 138 cm³/mol. The molecule has 1 atom stereocenters. The smallest absolute Gasteiger partial charge is 0.224 e. The highest BCUT2D eigenvalue weighted by Crippen LogP contribution is 2.31. The Balaban J connectivity index is 1.54. The van der Waals surface area contributed by atoms with Crippen LogP contribution in [0.1, 0.15) is 48.4 Å². The third kappa shape index (κ3) is 5.89. The summed E-state index contributed by atoms with van der Waals surface area (Å²) < 4.78 is 7.51. The number of carbonyl (C=O) groups is 2. The third-order valence-electron chi connectivity index (χ3n) is 5.58. The van der Waals surface area contributed by atoms with Gasteiger partial charge in [0.2, 0.25) is 5.91 Å². The number of rotatable bonds is 10. The lowest BCUT2D eigenvalue weighted by atomic mass is 10.1. The number of hydrogen-bond acceptors (Lipinski definition) is 6. The minimum Gasteiger partial charge on any atom is -0.469 e. The van der Waals surface area contributed by atoms with E-state index >= 15 is 0 Å².